The van der Waals surface area contributed by atoms with E-state index in [1.54, 1.807) is 6.92 Å². The van der Waals surface area contributed by atoms with Gasteiger partial charge in [0.15, 0.2) is 0 Å². The molecule has 1 heterocycles. The van der Waals surface area contributed by atoms with Gasteiger partial charge in [0.05, 0.1) is 12.2 Å². The molecule has 1 aliphatic rings. The van der Waals surface area contributed by atoms with Gasteiger partial charge in [0.2, 0.25) is 0 Å². The van der Waals surface area contributed by atoms with E-state index in [9.17, 15) is 5.11 Å². The van der Waals surface area contributed by atoms with Crippen molar-refractivity contribution in [2.45, 2.75) is 19.1 Å². The molecule has 0 aliphatic carbocycles. The summed E-state index contributed by atoms with van der Waals surface area (Å²) in [5.74, 6) is -0.0382. The number of rotatable bonds is 3. The number of aliphatic hydroxyl groups excluding tert-OH is 3. The van der Waals surface area contributed by atoms with Crippen LogP contribution in [0, 0.1) is 5.92 Å². The highest BCUT2D eigenvalue weighted by atomic mass is 16.3. The largest absolute Gasteiger partial charge is 0.396 e. The van der Waals surface area contributed by atoms with E-state index in [4.69, 9.17) is 10.2 Å². The van der Waals surface area contributed by atoms with Gasteiger partial charge in [0.25, 0.3) is 0 Å². The summed E-state index contributed by atoms with van der Waals surface area (Å²) >= 11 is 0. The highest BCUT2D eigenvalue weighted by molar-refractivity contribution is 4.83. The van der Waals surface area contributed by atoms with Gasteiger partial charge in [-0.3, -0.25) is 4.90 Å². The molecule has 3 unspecified atom stereocenters. The molecule has 4 nitrogen and oxygen atoms in total. The predicted molar refractivity (Wildman–Crippen MR) is 44.7 cm³/mol. The number of aliphatic hydroxyl groups is 3. The van der Waals surface area contributed by atoms with Gasteiger partial charge in [-0.1, -0.05) is 0 Å². The van der Waals surface area contributed by atoms with Crippen LogP contribution >= 0.6 is 0 Å². The smallest absolute Gasteiger partial charge is 0.0729 e. The lowest BCUT2D eigenvalue weighted by molar-refractivity contribution is 0.101. The van der Waals surface area contributed by atoms with Crippen LogP contribution in [0.2, 0.25) is 0 Å². The first-order chi connectivity index (χ1) is 5.63. The Labute approximate surface area is 72.4 Å². The van der Waals surface area contributed by atoms with Crippen LogP contribution < -0.4 is 0 Å². The Hall–Kier alpha value is -0.160. The first kappa shape index (κ1) is 9.92. The van der Waals surface area contributed by atoms with Gasteiger partial charge in [0, 0.05) is 32.2 Å². The molecule has 0 aromatic rings. The van der Waals surface area contributed by atoms with E-state index in [1.165, 1.54) is 0 Å². The number of hydrogen-bond donors (Lipinski definition) is 3. The summed E-state index contributed by atoms with van der Waals surface area (Å²) in [4.78, 5) is 1.97. The standard InChI is InChI=1S/C8H17NO3/c1-6(11)2-9-3-7(5-10)8(12)4-9/h6-8,10-12H,2-5H2,1H3. The van der Waals surface area contributed by atoms with Crippen molar-refractivity contribution in [1.82, 2.24) is 4.90 Å². The van der Waals surface area contributed by atoms with E-state index in [2.05, 4.69) is 0 Å². The van der Waals surface area contributed by atoms with Crippen LogP contribution in [-0.4, -0.2) is 58.7 Å². The van der Waals surface area contributed by atoms with E-state index in [0.717, 1.165) is 0 Å². The van der Waals surface area contributed by atoms with Crippen molar-refractivity contribution < 1.29 is 15.3 Å². The first-order valence-electron chi connectivity index (χ1n) is 4.32. The van der Waals surface area contributed by atoms with Crippen molar-refractivity contribution >= 4 is 0 Å². The summed E-state index contributed by atoms with van der Waals surface area (Å²) in [6.45, 7) is 3.57. The molecular weight excluding hydrogens is 158 g/mol. The fourth-order valence-electron chi connectivity index (χ4n) is 1.64. The van der Waals surface area contributed by atoms with Gasteiger partial charge in [-0.25, -0.2) is 0 Å². The molecule has 3 N–H and O–H groups in total. The minimum atomic E-state index is -0.436. The highest BCUT2D eigenvalue weighted by Crippen LogP contribution is 2.16. The van der Waals surface area contributed by atoms with Crippen molar-refractivity contribution in [3.8, 4) is 0 Å². The zero-order valence-corrected chi connectivity index (χ0v) is 7.35. The molecule has 0 spiro atoms. The van der Waals surface area contributed by atoms with Gasteiger partial charge in [-0.05, 0) is 6.92 Å². The summed E-state index contributed by atoms with van der Waals surface area (Å²) in [7, 11) is 0. The third-order valence-electron chi connectivity index (χ3n) is 2.24. The second-order valence-electron chi connectivity index (χ2n) is 3.58. The Morgan fingerprint density at radius 2 is 2.17 bits per heavy atom. The lowest BCUT2D eigenvalue weighted by Crippen LogP contribution is -2.29. The van der Waals surface area contributed by atoms with E-state index in [1.807, 2.05) is 4.90 Å². The number of hydrogen-bond acceptors (Lipinski definition) is 4. The number of nitrogens with zero attached hydrogens (tertiary/aromatic N) is 1. The Kier molecular flexibility index (Phi) is 3.46. The van der Waals surface area contributed by atoms with Crippen LogP contribution in [0.5, 0.6) is 0 Å². The topological polar surface area (TPSA) is 63.9 Å². The van der Waals surface area contributed by atoms with Crippen LogP contribution in [0.4, 0.5) is 0 Å². The molecule has 0 aromatic carbocycles. The van der Waals surface area contributed by atoms with E-state index in [-0.39, 0.29) is 18.6 Å². The molecule has 0 radical (unpaired) electrons. The summed E-state index contributed by atoms with van der Waals surface area (Å²) in [6, 6.07) is 0. The van der Waals surface area contributed by atoms with Crippen molar-refractivity contribution in [3.05, 3.63) is 0 Å². The minimum absolute atomic E-state index is 0.0253. The second-order valence-corrected chi connectivity index (χ2v) is 3.58. The monoisotopic (exact) mass is 175 g/mol. The Balaban J connectivity index is 2.33. The van der Waals surface area contributed by atoms with Gasteiger partial charge in [-0.2, -0.15) is 0 Å². The number of β-amino-alcohol motifs (C(OH)–C–C–N with tert-alkyl or cyclic N) is 2. The van der Waals surface area contributed by atoms with Gasteiger partial charge in [-0.15, -0.1) is 0 Å². The maximum atomic E-state index is 9.39. The molecule has 3 atom stereocenters. The average Bonchev–Trinajstić information content (AvgIpc) is 2.29. The SMILES string of the molecule is CC(O)CN1CC(O)C(CO)C1. The molecule has 1 rings (SSSR count). The van der Waals surface area contributed by atoms with Gasteiger partial charge < -0.3 is 15.3 Å². The third kappa shape index (κ3) is 2.42. The van der Waals surface area contributed by atoms with E-state index in [0.29, 0.717) is 19.6 Å². The molecule has 0 bridgehead atoms. The molecule has 0 amide bonds. The molecule has 1 saturated heterocycles. The third-order valence-corrected chi connectivity index (χ3v) is 2.24. The minimum Gasteiger partial charge on any atom is -0.396 e. The zero-order valence-electron chi connectivity index (χ0n) is 7.35. The summed E-state index contributed by atoms with van der Waals surface area (Å²) in [6.07, 6.45) is -0.802. The fraction of sp³-hybridized carbons (Fsp3) is 1.00. The zero-order chi connectivity index (χ0) is 9.14. The Morgan fingerprint density at radius 3 is 2.58 bits per heavy atom. The highest BCUT2D eigenvalue weighted by Gasteiger charge is 2.30. The van der Waals surface area contributed by atoms with E-state index < -0.39 is 6.10 Å². The predicted octanol–water partition coefficient (Wildman–Crippen LogP) is -1.35. The van der Waals surface area contributed by atoms with E-state index >= 15 is 0 Å². The second kappa shape index (κ2) is 4.18. The molecule has 0 aromatic heterocycles. The summed E-state index contributed by atoms with van der Waals surface area (Å²) in [5, 5.41) is 27.3. The normalized spacial score (nSPS) is 34.0. The molecule has 1 aliphatic heterocycles. The van der Waals surface area contributed by atoms with Crippen LogP contribution in [0.1, 0.15) is 6.92 Å². The molecule has 72 valence electrons. The quantitative estimate of drug-likeness (QED) is 0.496. The summed E-state index contributed by atoms with van der Waals surface area (Å²) in [5.41, 5.74) is 0. The van der Waals surface area contributed by atoms with Crippen LogP contribution in [-0.2, 0) is 0 Å². The molecule has 12 heavy (non-hydrogen) atoms. The maximum Gasteiger partial charge on any atom is 0.0729 e. The first-order valence-corrected chi connectivity index (χ1v) is 4.32. The lowest BCUT2D eigenvalue weighted by atomic mass is 10.1. The van der Waals surface area contributed by atoms with Gasteiger partial charge in [0.1, 0.15) is 0 Å². The van der Waals surface area contributed by atoms with Gasteiger partial charge >= 0.3 is 0 Å². The van der Waals surface area contributed by atoms with Crippen molar-refractivity contribution in [1.29, 1.82) is 0 Å². The van der Waals surface area contributed by atoms with Crippen molar-refractivity contribution in [2.24, 2.45) is 5.92 Å². The lowest BCUT2D eigenvalue weighted by Gasteiger charge is -2.16. The van der Waals surface area contributed by atoms with Crippen LogP contribution in [0.15, 0.2) is 0 Å². The Morgan fingerprint density at radius 1 is 1.50 bits per heavy atom. The molecule has 1 fully saturated rings. The molecular formula is C8H17NO3. The summed E-state index contributed by atoms with van der Waals surface area (Å²) < 4.78 is 0. The number of likely N-dealkylation sites (tertiary alicyclic amines) is 1. The maximum absolute atomic E-state index is 9.39. The average molecular weight is 175 g/mol. The fourth-order valence-corrected chi connectivity index (χ4v) is 1.64. The van der Waals surface area contributed by atoms with Crippen LogP contribution in [0.3, 0.4) is 0 Å². The van der Waals surface area contributed by atoms with Crippen LogP contribution in [0.25, 0.3) is 0 Å². The molecule has 4 heteroatoms. The Bertz CT molecular complexity index is 140. The van der Waals surface area contributed by atoms with Crippen molar-refractivity contribution in [2.75, 3.05) is 26.2 Å². The van der Waals surface area contributed by atoms with Crippen molar-refractivity contribution in [3.63, 3.8) is 0 Å². The molecule has 0 saturated carbocycles.